The third-order valence-corrected chi connectivity index (χ3v) is 15.8. The van der Waals surface area contributed by atoms with E-state index in [4.69, 9.17) is 71.1 Å². The van der Waals surface area contributed by atoms with E-state index in [1.165, 1.54) is 0 Å². The van der Waals surface area contributed by atoms with Crippen molar-refractivity contribution in [3.8, 4) is 0 Å². The highest BCUT2D eigenvalue weighted by Crippen LogP contribution is 2.38. The second-order valence-corrected chi connectivity index (χ2v) is 21.6. The molecule has 0 spiro atoms. The van der Waals surface area contributed by atoms with Gasteiger partial charge in [0, 0.05) is 0 Å². The zero-order valence-corrected chi connectivity index (χ0v) is 44.5. The van der Waals surface area contributed by atoms with Crippen LogP contribution in [0.15, 0.2) is 0 Å². The Morgan fingerprint density at radius 1 is 0.247 bits per heavy atom. The van der Waals surface area contributed by atoms with Crippen LogP contribution in [0.3, 0.4) is 0 Å². The van der Waals surface area contributed by atoms with Gasteiger partial charge in [0.05, 0.1) is 52.9 Å². The molecular formula is C46H78O39. The first-order valence-electron chi connectivity index (χ1n) is 27.0. The number of ether oxygens (including phenoxy) is 15. The molecule has 8 rings (SSSR count). The summed E-state index contributed by atoms with van der Waals surface area (Å²) < 4.78 is 84.3. The summed E-state index contributed by atoms with van der Waals surface area (Å²) in [6.07, 6.45) is -74.5. The average molecular weight is 1260 g/mol. The van der Waals surface area contributed by atoms with Crippen molar-refractivity contribution in [1.29, 1.82) is 0 Å². The molecule has 0 aromatic heterocycles. The molecule has 0 aliphatic carbocycles. The number of aliphatic hydroxyl groups excluding tert-OH is 24. The molecule has 8 saturated heterocycles. The maximum Gasteiger partial charge on any atom is 0.187 e. The fourth-order valence-corrected chi connectivity index (χ4v) is 10.7. The molecule has 38 atom stereocenters. The Kier molecular flexibility index (Phi) is 24.3. The van der Waals surface area contributed by atoms with Gasteiger partial charge >= 0.3 is 0 Å². The Hall–Kier alpha value is -1.56. The molecule has 8 heterocycles. The van der Waals surface area contributed by atoms with Gasteiger partial charge in [-0.3, -0.25) is 0 Å². The van der Waals surface area contributed by atoms with Crippen molar-refractivity contribution in [3.05, 3.63) is 0 Å². The zero-order valence-electron chi connectivity index (χ0n) is 44.5. The minimum atomic E-state index is -2.36. The molecule has 0 aromatic rings. The summed E-state index contributed by atoms with van der Waals surface area (Å²) in [5, 5.41) is 256. The number of hydrogen-bond donors (Lipinski definition) is 24. The molecule has 0 saturated carbocycles. The summed E-state index contributed by atoms with van der Waals surface area (Å²) in [4.78, 5) is 0. The largest absolute Gasteiger partial charge is 0.394 e. The SMILES string of the molecule is OC[C@H]1O[C@@H](O[C@H]2[C@H](O)[C@@H](O)[C@H](O[C@H]3[C@H](O)[C@@H](O)[C@H](O[C@H]4[C@H](O)[C@@H](O)[C@H](O[C@H]5[C@H](O)[C@@H](O)[C@H](O[C@H]6[C@H](O)[C@@H](O)C(O)O[C@@H]6CO)O[C@@H]5CO)O[C@@H]4CO)O[C@@H]3CO[C@H]3OC[C@@H](O)[C@H](O)[C@H]3O)O[C@@H]2CO[C@H]2OC[C@@H](O)[C@H](O)[C@H]2O)[C@H](O)[C@@H](O)[C@@H]1O. The minimum absolute atomic E-state index is 0.563. The highest BCUT2D eigenvalue weighted by molar-refractivity contribution is 5.01. The van der Waals surface area contributed by atoms with Crippen LogP contribution in [0.2, 0.25) is 0 Å². The highest BCUT2D eigenvalue weighted by Gasteiger charge is 2.58. The predicted octanol–water partition coefficient (Wildman–Crippen LogP) is -17.2. The summed E-state index contributed by atoms with van der Waals surface area (Å²) in [6.45, 7) is -6.95. The zero-order chi connectivity index (χ0) is 62.2. The normalized spacial score (nSPS) is 53.8. The van der Waals surface area contributed by atoms with E-state index in [-0.39, 0.29) is 0 Å². The van der Waals surface area contributed by atoms with Gasteiger partial charge in [0.1, 0.15) is 183 Å². The Morgan fingerprint density at radius 2 is 0.506 bits per heavy atom. The van der Waals surface area contributed by atoms with Crippen LogP contribution < -0.4 is 0 Å². The van der Waals surface area contributed by atoms with E-state index in [0.717, 1.165) is 0 Å². The molecule has 0 radical (unpaired) electrons. The lowest BCUT2D eigenvalue weighted by Gasteiger charge is -2.50. The molecule has 1 unspecified atom stereocenters. The predicted molar refractivity (Wildman–Crippen MR) is 252 cm³/mol. The Morgan fingerprint density at radius 3 is 0.835 bits per heavy atom. The molecule has 24 N–H and O–H groups in total. The molecular weight excluding hydrogens is 1180 g/mol. The number of rotatable bonds is 20. The molecule has 39 heteroatoms. The number of aliphatic hydroxyl groups is 24. The van der Waals surface area contributed by atoms with E-state index in [1.54, 1.807) is 0 Å². The summed E-state index contributed by atoms with van der Waals surface area (Å²) in [6, 6.07) is 0. The molecule has 0 bridgehead atoms. The minimum Gasteiger partial charge on any atom is -0.394 e. The molecule has 0 amide bonds. The van der Waals surface area contributed by atoms with Crippen LogP contribution in [0.1, 0.15) is 0 Å². The van der Waals surface area contributed by atoms with Gasteiger partial charge in [-0.05, 0) is 0 Å². The molecule has 85 heavy (non-hydrogen) atoms. The second kappa shape index (κ2) is 29.8. The van der Waals surface area contributed by atoms with Crippen LogP contribution in [0.4, 0.5) is 0 Å². The van der Waals surface area contributed by atoms with Gasteiger partial charge in [-0.1, -0.05) is 0 Å². The topological polar surface area (TPSA) is 624 Å². The average Bonchev–Trinajstić information content (AvgIpc) is 2.60. The molecule has 8 aliphatic rings. The van der Waals surface area contributed by atoms with Gasteiger partial charge < -0.3 is 194 Å². The summed E-state index contributed by atoms with van der Waals surface area (Å²) >= 11 is 0. The van der Waals surface area contributed by atoms with Gasteiger partial charge in [0.25, 0.3) is 0 Å². The summed E-state index contributed by atoms with van der Waals surface area (Å²) in [5.74, 6) is 0. The van der Waals surface area contributed by atoms with Crippen LogP contribution in [0, 0.1) is 0 Å². The van der Waals surface area contributed by atoms with E-state index < -0.39 is 286 Å². The lowest BCUT2D eigenvalue weighted by Crippen LogP contribution is -2.68. The molecule has 0 aromatic carbocycles. The van der Waals surface area contributed by atoms with Gasteiger partial charge in [-0.25, -0.2) is 0 Å². The van der Waals surface area contributed by atoms with Crippen LogP contribution in [0.5, 0.6) is 0 Å². The molecule has 39 nitrogen and oxygen atoms in total. The standard InChI is InChI=1S/C46H78O39/c47-1-11-19(55)20(56)29(65)42(76-11)84-37-15(7-73-40-27(63)17(53)9(51)5-71-40)80-46(33(69)25(37)61)85-38-16(8-74-41-28(64)18(54)10(52)6-72-41)79-45(32(68)24(38)60)83-36-14(4-50)78-44(31(67)23(36)59)82-35-13(3-49)77-43(30(66)22(35)58)81-34-12(2-48)75-39(70)26(62)21(34)57/h9-70H,1-8H2/t9-,10-,11-,12-,13-,14-,15-,16-,17+,18+,19-,20+,21-,22-,23-,24-,25-,26-,27-,28-,29-,30-,31-,32-,33-,34-,35-,36-,37-,38-,39?,40-,41-,42+,43+,44+,45+,46+/m1/s1. The maximum absolute atomic E-state index is 11.9. The van der Waals surface area contributed by atoms with E-state index in [1.807, 2.05) is 0 Å². The van der Waals surface area contributed by atoms with E-state index in [0.29, 0.717) is 0 Å². The van der Waals surface area contributed by atoms with Crippen molar-refractivity contribution >= 4 is 0 Å². The molecule has 8 aliphatic heterocycles. The lowest BCUT2D eigenvalue weighted by atomic mass is 9.95. The van der Waals surface area contributed by atoms with Crippen LogP contribution in [0.25, 0.3) is 0 Å². The summed E-state index contributed by atoms with van der Waals surface area (Å²) in [7, 11) is 0. The Bertz CT molecular complexity index is 2020. The maximum atomic E-state index is 11.9. The second-order valence-electron chi connectivity index (χ2n) is 21.6. The van der Waals surface area contributed by atoms with Crippen molar-refractivity contribution in [2.24, 2.45) is 0 Å². The first kappa shape index (κ1) is 69.3. The Balaban J connectivity index is 0.986. The first-order valence-corrected chi connectivity index (χ1v) is 27.0. The van der Waals surface area contributed by atoms with Crippen LogP contribution in [-0.4, -0.2) is 409 Å². The van der Waals surface area contributed by atoms with Crippen LogP contribution >= 0.6 is 0 Å². The van der Waals surface area contributed by atoms with Gasteiger partial charge in [0.15, 0.2) is 50.3 Å². The quantitative estimate of drug-likeness (QED) is 0.0538. The number of hydrogen-bond acceptors (Lipinski definition) is 39. The van der Waals surface area contributed by atoms with Crippen LogP contribution in [-0.2, 0) is 71.1 Å². The van der Waals surface area contributed by atoms with Crippen molar-refractivity contribution in [1.82, 2.24) is 0 Å². The Labute approximate surface area is 479 Å². The van der Waals surface area contributed by atoms with E-state index in [2.05, 4.69) is 0 Å². The van der Waals surface area contributed by atoms with Gasteiger partial charge in [0.2, 0.25) is 0 Å². The van der Waals surface area contributed by atoms with Crippen molar-refractivity contribution in [2.45, 2.75) is 233 Å². The fourth-order valence-electron chi connectivity index (χ4n) is 10.7. The third-order valence-electron chi connectivity index (χ3n) is 15.8. The molecule has 8 fully saturated rings. The van der Waals surface area contributed by atoms with Crippen molar-refractivity contribution in [3.63, 3.8) is 0 Å². The lowest BCUT2D eigenvalue weighted by molar-refractivity contribution is -0.399. The van der Waals surface area contributed by atoms with Gasteiger partial charge in [-0.15, -0.1) is 0 Å². The molecule has 496 valence electrons. The first-order chi connectivity index (χ1) is 40.3. The van der Waals surface area contributed by atoms with Gasteiger partial charge in [-0.2, -0.15) is 0 Å². The van der Waals surface area contributed by atoms with E-state index >= 15 is 0 Å². The summed E-state index contributed by atoms with van der Waals surface area (Å²) in [5.41, 5.74) is 0. The smallest absolute Gasteiger partial charge is 0.187 e. The van der Waals surface area contributed by atoms with Crippen molar-refractivity contribution < 1.29 is 194 Å². The van der Waals surface area contributed by atoms with E-state index in [9.17, 15) is 123 Å². The fraction of sp³-hybridized carbons (Fsp3) is 1.00. The van der Waals surface area contributed by atoms with Crippen molar-refractivity contribution in [2.75, 3.05) is 52.9 Å². The third kappa shape index (κ3) is 14.7. The highest BCUT2D eigenvalue weighted by atomic mass is 16.8. The monoisotopic (exact) mass is 1250 g/mol.